The monoisotopic (exact) mass is 322 g/mol. The SMILES string of the molecule is O=C(O)C1CCC(NC(=O)N2CC3(CCC3)C3COCC32)CC1. The topological polar surface area (TPSA) is 78.9 Å². The van der Waals surface area contributed by atoms with Gasteiger partial charge in [-0.1, -0.05) is 6.42 Å². The van der Waals surface area contributed by atoms with Crippen LogP contribution in [-0.4, -0.2) is 53.8 Å². The van der Waals surface area contributed by atoms with Crippen molar-refractivity contribution >= 4 is 12.0 Å². The molecule has 2 aliphatic carbocycles. The van der Waals surface area contributed by atoms with E-state index in [1.54, 1.807) is 0 Å². The lowest BCUT2D eigenvalue weighted by atomic mass is 9.62. The lowest BCUT2D eigenvalue weighted by Gasteiger charge is -2.42. The van der Waals surface area contributed by atoms with Gasteiger partial charge in [-0.25, -0.2) is 4.79 Å². The first-order valence-corrected chi connectivity index (χ1v) is 8.97. The number of fused-ring (bicyclic) bond motifs is 2. The Morgan fingerprint density at radius 3 is 2.48 bits per heavy atom. The molecule has 2 saturated heterocycles. The quantitative estimate of drug-likeness (QED) is 0.813. The highest BCUT2D eigenvalue weighted by Gasteiger charge is 2.58. The van der Waals surface area contributed by atoms with Gasteiger partial charge in [-0.05, 0) is 43.9 Å². The molecule has 0 aromatic carbocycles. The van der Waals surface area contributed by atoms with E-state index in [0.717, 1.165) is 26.0 Å². The van der Waals surface area contributed by atoms with E-state index in [-0.39, 0.29) is 24.0 Å². The molecule has 6 heteroatoms. The third kappa shape index (κ3) is 2.51. The standard InChI is InChI=1S/C17H26N2O4/c20-15(21)11-2-4-12(5-3-11)18-16(22)19-10-17(6-1-7-17)13-8-23-9-14(13)19/h11-14H,1-10H2,(H,18,22)(H,20,21). The van der Waals surface area contributed by atoms with Gasteiger partial charge < -0.3 is 20.1 Å². The van der Waals surface area contributed by atoms with Crippen molar-refractivity contribution < 1.29 is 19.4 Å². The van der Waals surface area contributed by atoms with E-state index in [9.17, 15) is 9.59 Å². The van der Waals surface area contributed by atoms with Crippen molar-refractivity contribution in [1.29, 1.82) is 0 Å². The highest BCUT2D eigenvalue weighted by molar-refractivity contribution is 5.76. The van der Waals surface area contributed by atoms with Crippen LogP contribution in [0.5, 0.6) is 0 Å². The van der Waals surface area contributed by atoms with Crippen molar-refractivity contribution in [2.75, 3.05) is 19.8 Å². The summed E-state index contributed by atoms with van der Waals surface area (Å²) >= 11 is 0. The maximum atomic E-state index is 12.7. The first-order chi connectivity index (χ1) is 11.1. The van der Waals surface area contributed by atoms with Gasteiger partial charge in [0.2, 0.25) is 0 Å². The minimum Gasteiger partial charge on any atom is -0.481 e. The number of carboxylic acid groups (broad SMARTS) is 1. The number of nitrogens with one attached hydrogen (secondary N) is 1. The van der Waals surface area contributed by atoms with E-state index in [1.165, 1.54) is 19.3 Å². The summed E-state index contributed by atoms with van der Waals surface area (Å²) in [6, 6.07) is 0.399. The third-order valence-corrected chi connectivity index (χ3v) is 6.74. The normalized spacial score (nSPS) is 38.2. The van der Waals surface area contributed by atoms with Gasteiger partial charge in [-0.2, -0.15) is 0 Å². The van der Waals surface area contributed by atoms with Crippen LogP contribution >= 0.6 is 0 Å². The molecule has 6 nitrogen and oxygen atoms in total. The maximum absolute atomic E-state index is 12.7. The summed E-state index contributed by atoms with van der Waals surface area (Å²) in [5.41, 5.74) is 0.319. The molecule has 2 atom stereocenters. The average molecular weight is 322 g/mol. The number of hydrogen-bond donors (Lipinski definition) is 2. The smallest absolute Gasteiger partial charge is 0.317 e. The molecular weight excluding hydrogens is 296 g/mol. The van der Waals surface area contributed by atoms with Crippen molar-refractivity contribution in [3.8, 4) is 0 Å². The largest absolute Gasteiger partial charge is 0.481 e. The second kappa shape index (κ2) is 5.65. The number of urea groups is 1. The molecule has 0 aromatic rings. The fourth-order valence-electron chi connectivity index (χ4n) is 5.13. The highest BCUT2D eigenvalue weighted by Crippen LogP contribution is 2.55. The predicted molar refractivity (Wildman–Crippen MR) is 83.0 cm³/mol. The van der Waals surface area contributed by atoms with Crippen LogP contribution in [0.4, 0.5) is 4.79 Å². The van der Waals surface area contributed by atoms with Crippen LogP contribution < -0.4 is 5.32 Å². The zero-order valence-electron chi connectivity index (χ0n) is 13.5. The van der Waals surface area contributed by atoms with Crippen molar-refractivity contribution in [2.45, 2.75) is 57.0 Å². The number of carbonyl (C=O) groups excluding carboxylic acids is 1. The Morgan fingerprint density at radius 2 is 1.87 bits per heavy atom. The number of rotatable bonds is 2. The molecule has 2 heterocycles. The summed E-state index contributed by atoms with van der Waals surface area (Å²) in [6.45, 7) is 2.35. The minimum atomic E-state index is -0.702. The van der Waals surface area contributed by atoms with Gasteiger partial charge in [0.05, 0.1) is 25.2 Å². The fraction of sp³-hybridized carbons (Fsp3) is 0.882. The van der Waals surface area contributed by atoms with Gasteiger partial charge in [0.25, 0.3) is 0 Å². The molecule has 0 aromatic heterocycles. The molecule has 128 valence electrons. The molecule has 4 aliphatic rings. The Morgan fingerprint density at radius 1 is 1.13 bits per heavy atom. The van der Waals surface area contributed by atoms with Crippen molar-refractivity contribution in [3.63, 3.8) is 0 Å². The van der Waals surface area contributed by atoms with Gasteiger partial charge in [-0.15, -0.1) is 0 Å². The number of carboxylic acids is 1. The number of amides is 2. The zero-order chi connectivity index (χ0) is 16.0. The Hall–Kier alpha value is -1.30. The molecule has 4 fully saturated rings. The zero-order valence-corrected chi connectivity index (χ0v) is 13.5. The van der Waals surface area contributed by atoms with Crippen molar-refractivity contribution in [3.05, 3.63) is 0 Å². The van der Waals surface area contributed by atoms with E-state index < -0.39 is 5.97 Å². The molecular formula is C17H26N2O4. The lowest BCUT2D eigenvalue weighted by Crippen LogP contribution is -2.49. The van der Waals surface area contributed by atoms with Crippen LogP contribution in [-0.2, 0) is 9.53 Å². The van der Waals surface area contributed by atoms with E-state index in [4.69, 9.17) is 9.84 Å². The second-order valence-corrected chi connectivity index (χ2v) is 7.89. The number of likely N-dealkylation sites (tertiary alicyclic amines) is 1. The average Bonchev–Trinajstić information content (AvgIpc) is 3.07. The van der Waals surface area contributed by atoms with Crippen LogP contribution in [0.3, 0.4) is 0 Å². The minimum absolute atomic E-state index is 0.0352. The van der Waals surface area contributed by atoms with E-state index in [1.807, 2.05) is 4.90 Å². The summed E-state index contributed by atoms with van der Waals surface area (Å²) in [5, 5.41) is 12.2. The third-order valence-electron chi connectivity index (χ3n) is 6.74. The second-order valence-electron chi connectivity index (χ2n) is 7.89. The molecule has 2 saturated carbocycles. The number of hydrogen-bond acceptors (Lipinski definition) is 3. The summed E-state index contributed by atoms with van der Waals surface area (Å²) in [6.07, 6.45) is 6.60. The number of carbonyl (C=O) groups is 2. The molecule has 1 spiro atoms. The molecule has 23 heavy (non-hydrogen) atoms. The number of ether oxygens (including phenoxy) is 1. The fourth-order valence-corrected chi connectivity index (χ4v) is 5.13. The van der Waals surface area contributed by atoms with E-state index in [0.29, 0.717) is 30.8 Å². The summed E-state index contributed by atoms with van der Waals surface area (Å²) in [4.78, 5) is 25.8. The summed E-state index contributed by atoms with van der Waals surface area (Å²) < 4.78 is 5.67. The molecule has 4 rings (SSSR count). The van der Waals surface area contributed by atoms with E-state index in [2.05, 4.69) is 5.32 Å². The summed E-state index contributed by atoms with van der Waals surface area (Å²) in [5.74, 6) is -0.419. The molecule has 2 unspecified atom stereocenters. The Bertz CT molecular complexity index is 497. The maximum Gasteiger partial charge on any atom is 0.317 e. The Balaban J connectivity index is 1.36. The van der Waals surface area contributed by atoms with Crippen LogP contribution in [0.25, 0.3) is 0 Å². The van der Waals surface area contributed by atoms with Gasteiger partial charge in [0.15, 0.2) is 0 Å². The van der Waals surface area contributed by atoms with Gasteiger partial charge >= 0.3 is 12.0 Å². The number of aliphatic carboxylic acids is 1. The van der Waals surface area contributed by atoms with Crippen LogP contribution in [0, 0.1) is 17.3 Å². The van der Waals surface area contributed by atoms with Crippen molar-refractivity contribution in [2.24, 2.45) is 17.3 Å². The molecule has 2 amide bonds. The molecule has 0 bridgehead atoms. The van der Waals surface area contributed by atoms with Crippen LogP contribution in [0.1, 0.15) is 44.9 Å². The van der Waals surface area contributed by atoms with Gasteiger partial charge in [0.1, 0.15) is 0 Å². The highest BCUT2D eigenvalue weighted by atomic mass is 16.5. The first kappa shape index (κ1) is 15.2. The molecule has 2 aliphatic heterocycles. The first-order valence-electron chi connectivity index (χ1n) is 8.97. The summed E-state index contributed by atoms with van der Waals surface area (Å²) in [7, 11) is 0. The van der Waals surface area contributed by atoms with Crippen LogP contribution in [0.2, 0.25) is 0 Å². The van der Waals surface area contributed by atoms with Gasteiger partial charge in [-0.3, -0.25) is 4.79 Å². The lowest BCUT2D eigenvalue weighted by molar-refractivity contribution is -0.142. The predicted octanol–water partition coefficient (Wildman–Crippen LogP) is 1.84. The Labute approximate surface area is 136 Å². The van der Waals surface area contributed by atoms with Crippen LogP contribution in [0.15, 0.2) is 0 Å². The Kier molecular flexibility index (Phi) is 3.75. The van der Waals surface area contributed by atoms with E-state index >= 15 is 0 Å². The molecule has 2 N–H and O–H groups in total. The number of nitrogens with zero attached hydrogens (tertiary/aromatic N) is 1. The van der Waals surface area contributed by atoms with Gasteiger partial charge in [0, 0.05) is 18.5 Å². The molecule has 0 radical (unpaired) electrons. The van der Waals surface area contributed by atoms with Crippen molar-refractivity contribution in [1.82, 2.24) is 10.2 Å².